The lowest BCUT2D eigenvalue weighted by molar-refractivity contribution is 0.0303. The predicted octanol–water partition coefficient (Wildman–Crippen LogP) is 5.95. The summed E-state index contributed by atoms with van der Waals surface area (Å²) in [6.07, 6.45) is 7.77. The second-order valence-electron chi connectivity index (χ2n) is 15.0. The SMILES string of the molecule is CCn1c(-c2nonc2N)nc2cncc(-c3ccc(C(=O)N4CCOCC4)cc3)c21.CCn1c(-c2nonc2N)nc2cncc(-c3ccc(C(=O)NCCc4ccccc4)cc3)c21. The summed E-state index contributed by atoms with van der Waals surface area (Å²) in [4.78, 5) is 45.2. The molecule has 6 aromatic heterocycles. The van der Waals surface area contributed by atoms with Crippen LogP contribution in [0.1, 0.15) is 40.1 Å². The summed E-state index contributed by atoms with van der Waals surface area (Å²) in [6.45, 7) is 8.26. The Morgan fingerprint density at radius 1 is 0.646 bits per heavy atom. The van der Waals surface area contributed by atoms with E-state index in [0.29, 0.717) is 91.1 Å². The van der Waals surface area contributed by atoms with Crippen molar-refractivity contribution < 1.29 is 23.6 Å². The number of benzene rings is 3. The fraction of sp³-hybridized carbons (Fsp3) is 0.217. The molecule has 65 heavy (non-hydrogen) atoms. The lowest BCUT2D eigenvalue weighted by atomic mass is 10.0. The number of fused-ring (bicyclic) bond motifs is 2. The molecular weight excluding hydrogens is 829 g/mol. The van der Waals surface area contributed by atoms with E-state index in [1.807, 2.05) is 94.6 Å². The molecule has 0 spiro atoms. The first-order valence-electron chi connectivity index (χ1n) is 21.1. The number of anilines is 2. The van der Waals surface area contributed by atoms with E-state index in [-0.39, 0.29) is 23.5 Å². The van der Waals surface area contributed by atoms with Crippen molar-refractivity contribution in [3.05, 3.63) is 120 Å². The number of amides is 2. The monoisotopic (exact) mass is 872 g/mol. The van der Waals surface area contributed by atoms with Crippen LogP contribution < -0.4 is 16.8 Å². The molecule has 0 radical (unpaired) electrons. The number of carbonyl (C=O) groups is 2. The first kappa shape index (κ1) is 42.0. The number of imidazole rings is 2. The van der Waals surface area contributed by atoms with E-state index in [0.717, 1.165) is 39.7 Å². The summed E-state index contributed by atoms with van der Waals surface area (Å²) >= 11 is 0. The zero-order valence-corrected chi connectivity index (χ0v) is 35.6. The van der Waals surface area contributed by atoms with Gasteiger partial charge in [0.1, 0.15) is 11.0 Å². The van der Waals surface area contributed by atoms with E-state index in [9.17, 15) is 9.59 Å². The van der Waals surface area contributed by atoms with Crippen molar-refractivity contribution in [3.8, 4) is 45.3 Å². The molecule has 5 N–H and O–H groups in total. The van der Waals surface area contributed by atoms with E-state index in [1.54, 1.807) is 24.8 Å². The highest BCUT2D eigenvalue weighted by Gasteiger charge is 2.24. The Kier molecular flexibility index (Phi) is 12.0. The van der Waals surface area contributed by atoms with Gasteiger partial charge in [0.25, 0.3) is 11.8 Å². The summed E-state index contributed by atoms with van der Waals surface area (Å²) in [5, 5.41) is 18.1. The fourth-order valence-corrected chi connectivity index (χ4v) is 7.89. The minimum atomic E-state index is -0.103. The summed E-state index contributed by atoms with van der Waals surface area (Å²) in [5.74, 6) is 1.42. The smallest absolute Gasteiger partial charge is 0.254 e. The topological polar surface area (TPSA) is 250 Å². The molecule has 0 bridgehead atoms. The molecule has 19 nitrogen and oxygen atoms in total. The van der Waals surface area contributed by atoms with Gasteiger partial charge in [0, 0.05) is 67.4 Å². The number of aryl methyl sites for hydroxylation is 2. The van der Waals surface area contributed by atoms with Crippen molar-refractivity contribution in [2.75, 3.05) is 44.3 Å². The Morgan fingerprint density at radius 3 is 1.63 bits per heavy atom. The van der Waals surface area contributed by atoms with Crippen LogP contribution in [0, 0.1) is 0 Å². The van der Waals surface area contributed by atoms with Gasteiger partial charge in [0.2, 0.25) is 0 Å². The Balaban J connectivity index is 0.000000165. The zero-order valence-electron chi connectivity index (χ0n) is 35.6. The summed E-state index contributed by atoms with van der Waals surface area (Å²) in [6, 6.07) is 25.1. The van der Waals surface area contributed by atoms with E-state index < -0.39 is 0 Å². The number of hydrogen-bond donors (Lipinski definition) is 3. The van der Waals surface area contributed by atoms with Gasteiger partial charge < -0.3 is 35.6 Å². The van der Waals surface area contributed by atoms with Gasteiger partial charge in [-0.05, 0) is 81.9 Å². The van der Waals surface area contributed by atoms with Crippen LogP contribution in [0.25, 0.3) is 67.4 Å². The predicted molar refractivity (Wildman–Crippen MR) is 242 cm³/mol. The number of rotatable bonds is 11. The molecule has 19 heteroatoms. The molecule has 1 aliphatic heterocycles. The summed E-state index contributed by atoms with van der Waals surface area (Å²) < 4.78 is 18.9. The third-order valence-corrected chi connectivity index (χ3v) is 11.1. The van der Waals surface area contributed by atoms with Crippen LogP contribution in [-0.4, -0.2) is 99.3 Å². The lowest BCUT2D eigenvalue weighted by Crippen LogP contribution is -2.40. The molecule has 328 valence electrons. The zero-order chi connectivity index (χ0) is 44.9. The Labute approximate surface area is 371 Å². The van der Waals surface area contributed by atoms with Crippen LogP contribution in [0.3, 0.4) is 0 Å². The van der Waals surface area contributed by atoms with Crippen molar-refractivity contribution in [1.82, 2.24) is 59.9 Å². The van der Waals surface area contributed by atoms with Crippen LogP contribution in [-0.2, 0) is 24.2 Å². The maximum atomic E-state index is 12.7. The highest BCUT2D eigenvalue weighted by molar-refractivity contribution is 5.98. The quantitative estimate of drug-likeness (QED) is 0.136. The van der Waals surface area contributed by atoms with E-state index >= 15 is 0 Å². The first-order valence-corrected chi connectivity index (χ1v) is 21.1. The largest absolute Gasteiger partial charge is 0.379 e. The van der Waals surface area contributed by atoms with Crippen LogP contribution in [0.2, 0.25) is 0 Å². The van der Waals surface area contributed by atoms with Gasteiger partial charge in [0.05, 0.1) is 36.6 Å². The van der Waals surface area contributed by atoms with Crippen LogP contribution in [0.4, 0.5) is 11.6 Å². The number of morpholine rings is 1. The first-order chi connectivity index (χ1) is 31.8. The molecule has 1 saturated heterocycles. The molecule has 3 aromatic carbocycles. The van der Waals surface area contributed by atoms with E-state index in [4.69, 9.17) is 25.5 Å². The average molecular weight is 873 g/mol. The summed E-state index contributed by atoms with van der Waals surface area (Å²) in [5.41, 5.74) is 21.9. The number of nitrogens with two attached hydrogens (primary N) is 2. The van der Waals surface area contributed by atoms with Crippen molar-refractivity contribution in [3.63, 3.8) is 0 Å². The minimum Gasteiger partial charge on any atom is -0.379 e. The molecule has 10 rings (SSSR count). The standard InChI is InChI=1S/C25H23N7O2.C21H21N7O3/c1-2-32-22-19(14-27-15-20(22)29-24(32)21-23(26)31-34-30-21)17-8-10-18(11-9-17)25(33)28-13-12-16-6-4-3-5-7-16;1-2-28-18-15(11-23-12-16(18)24-20(28)17-19(22)26-31-25-17)13-3-5-14(6-4-13)21(29)27-7-9-30-10-8-27/h3-11,14-15H,2,12-13H2,1H3,(H2,26,31)(H,28,33);3-6,11-12H,2,7-10H2,1H3,(H2,22,26). The number of hydrogen-bond acceptors (Lipinski definition) is 15. The van der Waals surface area contributed by atoms with Crippen molar-refractivity contribution in [2.45, 2.75) is 33.4 Å². The average Bonchev–Trinajstić information content (AvgIpc) is 4.16. The third kappa shape index (κ3) is 8.46. The van der Waals surface area contributed by atoms with Gasteiger partial charge >= 0.3 is 0 Å². The molecule has 1 fully saturated rings. The number of nitrogens with zero attached hydrogens (tertiary/aromatic N) is 11. The normalized spacial score (nSPS) is 12.6. The van der Waals surface area contributed by atoms with E-state index in [2.05, 4.69) is 58.0 Å². The number of ether oxygens (including phenoxy) is 1. The maximum Gasteiger partial charge on any atom is 0.254 e. The van der Waals surface area contributed by atoms with Crippen molar-refractivity contribution in [2.24, 2.45) is 0 Å². The molecule has 0 unspecified atom stereocenters. The fourth-order valence-electron chi connectivity index (χ4n) is 7.89. The van der Waals surface area contributed by atoms with Gasteiger partial charge in [-0.1, -0.05) is 54.6 Å². The van der Waals surface area contributed by atoms with Crippen LogP contribution >= 0.6 is 0 Å². The minimum absolute atomic E-state index is 0.0149. The number of aromatic nitrogens is 10. The molecule has 0 aliphatic carbocycles. The maximum absolute atomic E-state index is 12.7. The molecule has 0 saturated carbocycles. The lowest BCUT2D eigenvalue weighted by Gasteiger charge is -2.26. The molecule has 7 heterocycles. The van der Waals surface area contributed by atoms with Crippen molar-refractivity contribution in [1.29, 1.82) is 0 Å². The highest BCUT2D eigenvalue weighted by Crippen LogP contribution is 2.34. The molecule has 1 aliphatic rings. The van der Waals surface area contributed by atoms with E-state index in [1.165, 1.54) is 5.56 Å². The Hall–Kier alpha value is -8.32. The number of carbonyl (C=O) groups excluding carboxylic acids is 2. The van der Waals surface area contributed by atoms with Gasteiger partial charge in [-0.3, -0.25) is 19.6 Å². The summed E-state index contributed by atoms with van der Waals surface area (Å²) in [7, 11) is 0. The molecule has 2 amide bonds. The second-order valence-corrected chi connectivity index (χ2v) is 15.0. The van der Waals surface area contributed by atoms with Gasteiger partial charge in [-0.2, -0.15) is 0 Å². The van der Waals surface area contributed by atoms with Crippen LogP contribution in [0.15, 0.2) is 113 Å². The second kappa shape index (κ2) is 18.6. The number of nitrogens with one attached hydrogen (secondary N) is 1. The van der Waals surface area contributed by atoms with Gasteiger partial charge in [-0.25, -0.2) is 19.2 Å². The number of nitrogen functional groups attached to an aromatic ring is 2. The Morgan fingerprint density at radius 2 is 1.15 bits per heavy atom. The van der Waals surface area contributed by atoms with Gasteiger partial charge in [0.15, 0.2) is 34.7 Å². The molecule has 0 atom stereocenters. The third-order valence-electron chi connectivity index (χ3n) is 11.1. The van der Waals surface area contributed by atoms with Crippen LogP contribution in [0.5, 0.6) is 0 Å². The molecular formula is C46H44N14O5. The van der Waals surface area contributed by atoms with Gasteiger partial charge in [-0.15, -0.1) is 0 Å². The Bertz CT molecular complexity index is 3100. The number of pyridine rings is 2. The highest BCUT2D eigenvalue weighted by atomic mass is 16.6. The molecule has 9 aromatic rings. The van der Waals surface area contributed by atoms with Crippen molar-refractivity contribution >= 4 is 45.5 Å².